The summed E-state index contributed by atoms with van der Waals surface area (Å²) < 4.78 is 5.17. The number of carbonyl (C=O) groups is 1. The lowest BCUT2D eigenvalue weighted by Gasteiger charge is -2.14. The zero-order valence-corrected chi connectivity index (χ0v) is 12.7. The predicted octanol–water partition coefficient (Wildman–Crippen LogP) is 2.55. The van der Waals surface area contributed by atoms with Crippen LogP contribution in [0.15, 0.2) is 24.3 Å². The zero-order chi connectivity index (χ0) is 15.6. The highest BCUT2D eigenvalue weighted by Gasteiger charge is 2.19. The number of rotatable bonds is 3. The molecule has 0 spiro atoms. The summed E-state index contributed by atoms with van der Waals surface area (Å²) in [5, 5.41) is 9.75. The van der Waals surface area contributed by atoms with Gasteiger partial charge in [0, 0.05) is 22.9 Å². The average Bonchev–Trinajstić information content (AvgIpc) is 2.87. The van der Waals surface area contributed by atoms with Crippen LogP contribution in [0, 0.1) is 0 Å². The molecule has 1 aromatic heterocycles. The number of anilines is 2. The van der Waals surface area contributed by atoms with E-state index in [2.05, 4.69) is 36.3 Å². The van der Waals surface area contributed by atoms with Gasteiger partial charge in [-0.25, -0.2) is 0 Å². The molecule has 0 aliphatic carbocycles. The number of methoxy groups -OCH3 is 1. The van der Waals surface area contributed by atoms with Gasteiger partial charge < -0.3 is 15.8 Å². The van der Waals surface area contributed by atoms with Crippen molar-refractivity contribution in [3.05, 3.63) is 35.5 Å². The summed E-state index contributed by atoms with van der Waals surface area (Å²) in [5.74, 6) is 0.619. The van der Waals surface area contributed by atoms with Crippen molar-refractivity contribution in [1.82, 2.24) is 10.2 Å². The highest BCUT2D eigenvalue weighted by Crippen LogP contribution is 2.24. The van der Waals surface area contributed by atoms with Gasteiger partial charge in [-0.15, -0.1) is 0 Å². The molecule has 21 heavy (non-hydrogen) atoms. The van der Waals surface area contributed by atoms with Crippen LogP contribution in [0.25, 0.3) is 0 Å². The molecular formula is C15H20N4O2. The van der Waals surface area contributed by atoms with E-state index in [9.17, 15) is 4.79 Å². The Morgan fingerprint density at radius 2 is 2.05 bits per heavy atom. The molecule has 4 N–H and O–H groups in total. The van der Waals surface area contributed by atoms with E-state index in [0.717, 1.165) is 5.69 Å². The molecule has 6 heteroatoms. The Hall–Kier alpha value is -2.50. The van der Waals surface area contributed by atoms with Crippen LogP contribution in [-0.4, -0.2) is 23.2 Å². The van der Waals surface area contributed by atoms with E-state index in [0.29, 0.717) is 22.8 Å². The number of benzene rings is 1. The van der Waals surface area contributed by atoms with E-state index in [1.165, 1.54) is 7.11 Å². The first-order chi connectivity index (χ1) is 9.81. The molecule has 1 amide bonds. The molecule has 2 aromatic rings. The highest BCUT2D eigenvalue weighted by atomic mass is 16.5. The molecule has 0 fully saturated rings. The number of nitrogen functional groups attached to an aromatic ring is 1. The normalized spacial score (nSPS) is 11.2. The van der Waals surface area contributed by atoms with Crippen molar-refractivity contribution in [1.29, 1.82) is 0 Å². The van der Waals surface area contributed by atoms with Crippen LogP contribution in [0.3, 0.4) is 0 Å². The quantitative estimate of drug-likeness (QED) is 0.757. The number of H-pyrrole nitrogens is 1. The molecule has 112 valence electrons. The first-order valence-electron chi connectivity index (χ1n) is 6.62. The third kappa shape index (κ3) is 3.34. The van der Waals surface area contributed by atoms with E-state index in [-0.39, 0.29) is 11.3 Å². The molecule has 0 unspecified atom stereocenters. The first-order valence-corrected chi connectivity index (χ1v) is 6.62. The van der Waals surface area contributed by atoms with Crippen LogP contribution in [0.4, 0.5) is 11.5 Å². The van der Waals surface area contributed by atoms with Gasteiger partial charge in [-0.1, -0.05) is 20.8 Å². The molecule has 1 heterocycles. The van der Waals surface area contributed by atoms with Crippen molar-refractivity contribution in [3.63, 3.8) is 0 Å². The van der Waals surface area contributed by atoms with E-state index in [4.69, 9.17) is 10.5 Å². The minimum atomic E-state index is -0.314. The van der Waals surface area contributed by atoms with Gasteiger partial charge in [-0.2, -0.15) is 5.10 Å². The van der Waals surface area contributed by atoms with Gasteiger partial charge in [0.2, 0.25) is 0 Å². The lowest BCUT2D eigenvalue weighted by atomic mass is 9.92. The third-order valence-electron chi connectivity index (χ3n) is 3.10. The number of hydrogen-bond donors (Lipinski definition) is 3. The second-order valence-electron chi connectivity index (χ2n) is 5.83. The van der Waals surface area contributed by atoms with Crippen molar-refractivity contribution in [3.8, 4) is 5.75 Å². The van der Waals surface area contributed by atoms with E-state index >= 15 is 0 Å². The maximum atomic E-state index is 12.3. The van der Waals surface area contributed by atoms with Crippen LogP contribution in [0.5, 0.6) is 5.75 Å². The largest absolute Gasteiger partial charge is 0.496 e. The van der Waals surface area contributed by atoms with Crippen molar-refractivity contribution < 1.29 is 9.53 Å². The van der Waals surface area contributed by atoms with Crippen LogP contribution >= 0.6 is 0 Å². The smallest absolute Gasteiger partial charge is 0.260 e. The van der Waals surface area contributed by atoms with Gasteiger partial charge in [0.15, 0.2) is 5.82 Å². The molecule has 0 aliphatic rings. The summed E-state index contributed by atoms with van der Waals surface area (Å²) in [4.78, 5) is 12.3. The molecule has 0 bridgehead atoms. The number of amides is 1. The lowest BCUT2D eigenvalue weighted by Crippen LogP contribution is -2.14. The Kier molecular flexibility index (Phi) is 3.88. The van der Waals surface area contributed by atoms with Gasteiger partial charge in [-0.3, -0.25) is 9.89 Å². The van der Waals surface area contributed by atoms with Gasteiger partial charge >= 0.3 is 0 Å². The highest BCUT2D eigenvalue weighted by molar-refractivity contribution is 6.06. The van der Waals surface area contributed by atoms with Crippen LogP contribution in [0.2, 0.25) is 0 Å². The average molecular weight is 288 g/mol. The third-order valence-corrected chi connectivity index (χ3v) is 3.10. The van der Waals surface area contributed by atoms with Crippen LogP contribution in [0.1, 0.15) is 36.8 Å². The summed E-state index contributed by atoms with van der Waals surface area (Å²) in [6.07, 6.45) is 0. The van der Waals surface area contributed by atoms with Crippen molar-refractivity contribution in [2.75, 3.05) is 18.2 Å². The van der Waals surface area contributed by atoms with Crippen molar-refractivity contribution >= 4 is 17.4 Å². The minimum Gasteiger partial charge on any atom is -0.496 e. The molecule has 0 atom stereocenters. The SMILES string of the molecule is COc1ccc(N)cc1C(=O)Nc1cc(C(C)(C)C)[nH]n1. The van der Waals surface area contributed by atoms with Crippen LogP contribution in [-0.2, 0) is 5.41 Å². The van der Waals surface area contributed by atoms with Gasteiger partial charge in [0.25, 0.3) is 5.91 Å². The molecule has 1 aromatic carbocycles. The predicted molar refractivity (Wildman–Crippen MR) is 82.6 cm³/mol. The minimum absolute atomic E-state index is 0.0646. The second kappa shape index (κ2) is 5.47. The Balaban J connectivity index is 2.22. The number of hydrogen-bond acceptors (Lipinski definition) is 4. The number of nitrogens with zero attached hydrogens (tertiary/aromatic N) is 1. The Labute approximate surface area is 123 Å². The number of aromatic amines is 1. The number of nitrogens with two attached hydrogens (primary N) is 1. The lowest BCUT2D eigenvalue weighted by molar-refractivity contribution is 0.102. The summed E-state index contributed by atoms with van der Waals surface area (Å²) >= 11 is 0. The van der Waals surface area contributed by atoms with E-state index < -0.39 is 0 Å². The summed E-state index contributed by atoms with van der Waals surface area (Å²) in [5.41, 5.74) is 7.47. The topological polar surface area (TPSA) is 93.0 Å². The molecule has 6 nitrogen and oxygen atoms in total. The summed E-state index contributed by atoms with van der Waals surface area (Å²) in [6, 6.07) is 6.74. The van der Waals surface area contributed by atoms with Crippen molar-refractivity contribution in [2.24, 2.45) is 0 Å². The summed E-state index contributed by atoms with van der Waals surface area (Å²) in [6.45, 7) is 6.19. The van der Waals surface area contributed by atoms with Crippen LogP contribution < -0.4 is 15.8 Å². The standard InChI is InChI=1S/C15H20N4O2/c1-15(2,3)12-8-13(19-18-12)17-14(20)10-7-9(16)5-6-11(10)21-4/h5-8H,16H2,1-4H3,(H2,17,18,19,20). The Morgan fingerprint density at radius 1 is 1.33 bits per heavy atom. The number of nitrogens with one attached hydrogen (secondary N) is 2. The first kappa shape index (κ1) is 14.9. The Bertz CT molecular complexity index is 656. The zero-order valence-electron chi connectivity index (χ0n) is 12.7. The number of carbonyl (C=O) groups excluding carboxylic acids is 1. The van der Waals surface area contributed by atoms with E-state index in [1.54, 1.807) is 18.2 Å². The maximum Gasteiger partial charge on any atom is 0.260 e. The molecule has 0 saturated carbocycles. The summed E-state index contributed by atoms with van der Waals surface area (Å²) in [7, 11) is 1.51. The molecule has 2 rings (SSSR count). The molecule has 0 aliphatic heterocycles. The fourth-order valence-corrected chi connectivity index (χ4v) is 1.86. The van der Waals surface area contributed by atoms with Crippen molar-refractivity contribution in [2.45, 2.75) is 26.2 Å². The number of ether oxygens (including phenoxy) is 1. The fraction of sp³-hybridized carbons (Fsp3) is 0.333. The van der Waals surface area contributed by atoms with Gasteiger partial charge in [-0.05, 0) is 18.2 Å². The second-order valence-corrected chi connectivity index (χ2v) is 5.83. The maximum absolute atomic E-state index is 12.3. The molecule has 0 saturated heterocycles. The van der Waals surface area contributed by atoms with Gasteiger partial charge in [0.05, 0.1) is 12.7 Å². The Morgan fingerprint density at radius 3 is 2.62 bits per heavy atom. The molecule has 0 radical (unpaired) electrons. The van der Waals surface area contributed by atoms with E-state index in [1.807, 2.05) is 6.07 Å². The fourth-order valence-electron chi connectivity index (χ4n) is 1.86. The van der Waals surface area contributed by atoms with Gasteiger partial charge in [0.1, 0.15) is 5.75 Å². The molecular weight excluding hydrogens is 268 g/mol. The monoisotopic (exact) mass is 288 g/mol. The number of aromatic nitrogens is 2.